The maximum absolute atomic E-state index is 4.75. The normalized spacial score (nSPS) is 11.2. The van der Waals surface area contributed by atoms with Crippen LogP contribution in [0.2, 0.25) is 0 Å². The molecule has 0 fully saturated rings. The molecule has 156 valence electrons. The molecule has 1 heterocycles. The standard InChI is InChI=1S/C26H27N5/c1-4-31(5-2)22-16-12-20(13-17-22)18-27-30-26-28-24-9-7-6-8-23(24)25(29-26)21-14-10-19(3)11-15-21/h6-18H,4-5H2,1-3H3,(H,28,29,30). The quantitative estimate of drug-likeness (QED) is 0.305. The Kier molecular flexibility index (Phi) is 6.22. The van der Waals surface area contributed by atoms with Crippen LogP contribution >= 0.6 is 0 Å². The van der Waals surface area contributed by atoms with Gasteiger partial charge in [0.1, 0.15) is 0 Å². The number of fused-ring (bicyclic) bond motifs is 1. The third-order valence-corrected chi connectivity index (χ3v) is 5.33. The highest BCUT2D eigenvalue weighted by Gasteiger charge is 2.09. The number of benzene rings is 3. The first-order chi connectivity index (χ1) is 15.2. The number of aromatic nitrogens is 2. The predicted molar refractivity (Wildman–Crippen MR) is 131 cm³/mol. The zero-order valence-corrected chi connectivity index (χ0v) is 18.2. The Bertz CT molecular complexity index is 1180. The molecule has 0 atom stereocenters. The Hall–Kier alpha value is -3.73. The van der Waals surface area contributed by atoms with Gasteiger partial charge in [0.05, 0.1) is 17.4 Å². The summed E-state index contributed by atoms with van der Waals surface area (Å²) >= 11 is 0. The molecule has 0 bridgehead atoms. The molecule has 4 rings (SSSR count). The van der Waals surface area contributed by atoms with Crippen LogP contribution in [0.4, 0.5) is 11.6 Å². The van der Waals surface area contributed by atoms with Gasteiger partial charge in [-0.3, -0.25) is 0 Å². The molecule has 1 aromatic heterocycles. The minimum Gasteiger partial charge on any atom is -0.372 e. The van der Waals surface area contributed by atoms with E-state index < -0.39 is 0 Å². The highest BCUT2D eigenvalue weighted by molar-refractivity contribution is 5.93. The summed E-state index contributed by atoms with van der Waals surface area (Å²) in [6.45, 7) is 8.40. The molecule has 4 aromatic rings. The number of rotatable bonds is 7. The van der Waals surface area contributed by atoms with E-state index in [9.17, 15) is 0 Å². The summed E-state index contributed by atoms with van der Waals surface area (Å²) in [5.41, 5.74) is 9.30. The van der Waals surface area contributed by atoms with Crippen LogP contribution in [0.25, 0.3) is 22.2 Å². The van der Waals surface area contributed by atoms with Gasteiger partial charge in [-0.25, -0.2) is 15.4 Å². The first-order valence-corrected chi connectivity index (χ1v) is 10.7. The van der Waals surface area contributed by atoms with Crippen LogP contribution in [-0.4, -0.2) is 29.3 Å². The number of hydrogen-bond acceptors (Lipinski definition) is 5. The molecule has 5 nitrogen and oxygen atoms in total. The maximum Gasteiger partial charge on any atom is 0.244 e. The summed E-state index contributed by atoms with van der Waals surface area (Å²) in [4.78, 5) is 11.7. The third kappa shape index (κ3) is 4.72. The minimum atomic E-state index is 0.477. The van der Waals surface area contributed by atoms with E-state index in [1.165, 1.54) is 11.3 Å². The van der Waals surface area contributed by atoms with E-state index in [4.69, 9.17) is 4.98 Å². The van der Waals surface area contributed by atoms with Crippen LogP contribution in [0.1, 0.15) is 25.0 Å². The Morgan fingerprint density at radius 1 is 0.871 bits per heavy atom. The lowest BCUT2D eigenvalue weighted by Gasteiger charge is -2.20. The fourth-order valence-electron chi connectivity index (χ4n) is 3.58. The van der Waals surface area contributed by atoms with Crippen LogP contribution in [-0.2, 0) is 0 Å². The van der Waals surface area contributed by atoms with Crippen LogP contribution in [0, 0.1) is 6.92 Å². The third-order valence-electron chi connectivity index (χ3n) is 5.33. The van der Waals surface area contributed by atoms with Gasteiger partial charge in [0.15, 0.2) is 0 Å². The van der Waals surface area contributed by atoms with Gasteiger partial charge in [0.2, 0.25) is 5.95 Å². The van der Waals surface area contributed by atoms with Gasteiger partial charge >= 0.3 is 0 Å². The topological polar surface area (TPSA) is 53.4 Å². The Morgan fingerprint density at radius 3 is 2.29 bits per heavy atom. The number of hydrazone groups is 1. The Balaban J connectivity index is 1.58. The van der Waals surface area contributed by atoms with Gasteiger partial charge in [-0.15, -0.1) is 0 Å². The number of nitrogens with one attached hydrogen (secondary N) is 1. The first kappa shape index (κ1) is 20.5. The van der Waals surface area contributed by atoms with Crippen molar-refractivity contribution < 1.29 is 0 Å². The van der Waals surface area contributed by atoms with Gasteiger partial charge in [0, 0.05) is 29.7 Å². The molecule has 1 N–H and O–H groups in total. The molecule has 0 amide bonds. The average molecular weight is 410 g/mol. The second-order valence-corrected chi connectivity index (χ2v) is 7.41. The van der Waals surface area contributed by atoms with Crippen molar-refractivity contribution in [1.29, 1.82) is 0 Å². The molecule has 0 spiro atoms. The Labute approximate surface area is 183 Å². The lowest BCUT2D eigenvalue weighted by atomic mass is 10.1. The highest BCUT2D eigenvalue weighted by atomic mass is 15.3. The molecule has 5 heteroatoms. The van der Waals surface area contributed by atoms with Crippen molar-refractivity contribution in [2.45, 2.75) is 20.8 Å². The van der Waals surface area contributed by atoms with Crippen LogP contribution in [0.3, 0.4) is 0 Å². The number of aryl methyl sites for hydroxylation is 1. The summed E-state index contributed by atoms with van der Waals surface area (Å²) in [6.07, 6.45) is 1.79. The summed E-state index contributed by atoms with van der Waals surface area (Å²) in [5.74, 6) is 0.477. The van der Waals surface area contributed by atoms with Crippen molar-refractivity contribution in [3.05, 3.63) is 83.9 Å². The van der Waals surface area contributed by atoms with Crippen molar-refractivity contribution in [2.75, 3.05) is 23.4 Å². The fraction of sp³-hybridized carbons (Fsp3) is 0.192. The van der Waals surface area contributed by atoms with E-state index in [-0.39, 0.29) is 0 Å². The van der Waals surface area contributed by atoms with Crippen molar-refractivity contribution in [1.82, 2.24) is 9.97 Å². The number of anilines is 2. The summed E-state index contributed by atoms with van der Waals surface area (Å²) < 4.78 is 0. The van der Waals surface area contributed by atoms with Crippen molar-refractivity contribution in [2.24, 2.45) is 5.10 Å². The van der Waals surface area contributed by atoms with Gasteiger partial charge in [-0.05, 0) is 44.5 Å². The number of nitrogens with zero attached hydrogens (tertiary/aromatic N) is 4. The van der Waals surface area contributed by atoms with Gasteiger partial charge in [-0.2, -0.15) is 5.10 Å². The van der Waals surface area contributed by atoms with Crippen LogP contribution in [0.5, 0.6) is 0 Å². The van der Waals surface area contributed by atoms with Crippen molar-refractivity contribution in [3.8, 4) is 11.3 Å². The van der Waals surface area contributed by atoms with E-state index >= 15 is 0 Å². The van der Waals surface area contributed by atoms with Crippen molar-refractivity contribution >= 4 is 28.8 Å². The number of para-hydroxylation sites is 1. The van der Waals surface area contributed by atoms with E-state index in [1.807, 2.05) is 18.2 Å². The van der Waals surface area contributed by atoms with Gasteiger partial charge in [0.25, 0.3) is 0 Å². The average Bonchev–Trinajstić information content (AvgIpc) is 2.81. The monoisotopic (exact) mass is 409 g/mol. The lowest BCUT2D eigenvalue weighted by Crippen LogP contribution is -2.21. The smallest absolute Gasteiger partial charge is 0.244 e. The van der Waals surface area contributed by atoms with Crippen LogP contribution in [0.15, 0.2) is 77.9 Å². The zero-order chi connectivity index (χ0) is 21.6. The van der Waals surface area contributed by atoms with Crippen LogP contribution < -0.4 is 10.3 Å². The second-order valence-electron chi connectivity index (χ2n) is 7.41. The molecule has 0 radical (unpaired) electrons. The molecular weight excluding hydrogens is 382 g/mol. The SMILES string of the molecule is CCN(CC)c1ccc(C=NNc2nc(-c3ccc(C)cc3)c3ccccc3n2)cc1. The van der Waals surface area contributed by atoms with E-state index in [0.29, 0.717) is 5.95 Å². The molecule has 3 aromatic carbocycles. The van der Waals surface area contributed by atoms with Crippen molar-refractivity contribution in [3.63, 3.8) is 0 Å². The van der Waals surface area contributed by atoms with E-state index in [0.717, 1.165) is 40.8 Å². The predicted octanol–water partition coefficient (Wildman–Crippen LogP) is 5.90. The van der Waals surface area contributed by atoms with E-state index in [1.54, 1.807) is 6.21 Å². The molecule has 0 aliphatic carbocycles. The minimum absolute atomic E-state index is 0.477. The lowest BCUT2D eigenvalue weighted by molar-refractivity contribution is 0.866. The molecular formula is C26H27N5. The number of hydrogen-bond donors (Lipinski definition) is 1. The highest BCUT2D eigenvalue weighted by Crippen LogP contribution is 2.27. The Morgan fingerprint density at radius 2 is 1.58 bits per heavy atom. The summed E-state index contributed by atoms with van der Waals surface area (Å²) in [7, 11) is 0. The molecule has 31 heavy (non-hydrogen) atoms. The molecule has 0 unspecified atom stereocenters. The summed E-state index contributed by atoms with van der Waals surface area (Å²) in [5, 5.41) is 5.39. The fourth-order valence-corrected chi connectivity index (χ4v) is 3.58. The van der Waals surface area contributed by atoms with E-state index in [2.05, 4.69) is 95.8 Å². The molecule has 0 aliphatic rings. The first-order valence-electron chi connectivity index (χ1n) is 10.7. The molecule has 0 saturated carbocycles. The maximum atomic E-state index is 4.75. The zero-order valence-electron chi connectivity index (χ0n) is 18.2. The second kappa shape index (κ2) is 9.39. The largest absolute Gasteiger partial charge is 0.372 e. The van der Waals surface area contributed by atoms with Gasteiger partial charge < -0.3 is 4.90 Å². The summed E-state index contributed by atoms with van der Waals surface area (Å²) in [6, 6.07) is 24.8. The molecule has 0 saturated heterocycles. The van der Waals surface area contributed by atoms with Gasteiger partial charge in [-0.1, -0.05) is 60.2 Å². The molecule has 0 aliphatic heterocycles.